The zero-order valence-corrected chi connectivity index (χ0v) is 14.4. The fraction of sp³-hybridized carbons (Fsp3) is 0.444. The van der Waals surface area contributed by atoms with Gasteiger partial charge < -0.3 is 0 Å². The molecule has 1 aromatic carbocycles. The third kappa shape index (κ3) is 3.22. The molecule has 0 bridgehead atoms. The molecule has 3 rings (SSSR count). The van der Waals surface area contributed by atoms with Crippen molar-refractivity contribution in [3.8, 4) is 11.3 Å². The van der Waals surface area contributed by atoms with Crippen LogP contribution in [0.4, 0.5) is 0 Å². The molecule has 0 amide bonds. The quantitative estimate of drug-likeness (QED) is 0.586. The molecule has 3 aromatic rings. The number of benzene rings is 1. The largest absolute Gasteiger partial charge is 0.217 e. The van der Waals surface area contributed by atoms with Crippen molar-refractivity contribution in [2.45, 2.75) is 52.9 Å². The maximum atomic E-state index is 4.76. The first-order valence-electron chi connectivity index (χ1n) is 8.10. The summed E-state index contributed by atoms with van der Waals surface area (Å²) in [5, 5.41) is 5.88. The second kappa shape index (κ2) is 6.61. The number of hydrogen-bond donors (Lipinski definition) is 0. The average Bonchev–Trinajstić information content (AvgIpc) is 3.01. The van der Waals surface area contributed by atoms with Crippen LogP contribution < -0.4 is 0 Å². The number of fused-ring (bicyclic) bond motifs is 1. The zero-order valence-electron chi connectivity index (χ0n) is 13.6. The van der Waals surface area contributed by atoms with Crippen molar-refractivity contribution in [2.75, 3.05) is 0 Å². The van der Waals surface area contributed by atoms with Crippen LogP contribution in [-0.2, 0) is 6.42 Å². The second-order valence-corrected chi connectivity index (χ2v) is 7.02. The third-order valence-corrected chi connectivity index (χ3v) is 4.97. The van der Waals surface area contributed by atoms with E-state index in [4.69, 9.17) is 4.98 Å². The summed E-state index contributed by atoms with van der Waals surface area (Å²) in [6.45, 7) is 6.50. The Balaban J connectivity index is 1.78. The van der Waals surface area contributed by atoms with Gasteiger partial charge in [-0.2, -0.15) is 5.10 Å². The maximum absolute atomic E-state index is 4.76. The summed E-state index contributed by atoms with van der Waals surface area (Å²) in [6, 6.07) is 6.50. The van der Waals surface area contributed by atoms with Crippen molar-refractivity contribution in [3.63, 3.8) is 0 Å². The molecule has 2 aromatic heterocycles. The Kier molecular flexibility index (Phi) is 4.57. The van der Waals surface area contributed by atoms with E-state index in [1.165, 1.54) is 47.4 Å². The predicted octanol–water partition coefficient (Wildman–Crippen LogP) is 5.20. The number of unbranched alkanes of at least 4 members (excludes halogenated alkanes) is 3. The van der Waals surface area contributed by atoms with E-state index in [-0.39, 0.29) is 0 Å². The van der Waals surface area contributed by atoms with Crippen LogP contribution in [0.1, 0.15) is 48.7 Å². The minimum Gasteiger partial charge on any atom is -0.217 e. The number of aromatic nitrogens is 3. The van der Waals surface area contributed by atoms with Crippen molar-refractivity contribution in [2.24, 2.45) is 0 Å². The SMILES string of the molecule is CCCCCCc1nn2cc(-c3ccc(C)cc3C)nc2s1. The summed E-state index contributed by atoms with van der Waals surface area (Å²) in [6.07, 6.45) is 8.26. The molecular weight excluding hydrogens is 290 g/mol. The first-order valence-corrected chi connectivity index (χ1v) is 8.91. The second-order valence-electron chi connectivity index (χ2n) is 5.98. The normalized spacial score (nSPS) is 11.4. The molecule has 0 saturated carbocycles. The van der Waals surface area contributed by atoms with Crippen molar-refractivity contribution < 1.29 is 0 Å². The van der Waals surface area contributed by atoms with Crippen LogP contribution in [0.2, 0.25) is 0 Å². The van der Waals surface area contributed by atoms with Gasteiger partial charge in [-0.1, -0.05) is 61.3 Å². The molecule has 0 N–H and O–H groups in total. The molecule has 3 nitrogen and oxygen atoms in total. The molecule has 0 spiro atoms. The van der Waals surface area contributed by atoms with Gasteiger partial charge in [-0.3, -0.25) is 0 Å². The van der Waals surface area contributed by atoms with Crippen molar-refractivity contribution in [1.82, 2.24) is 14.6 Å². The molecule has 4 heteroatoms. The number of hydrogen-bond acceptors (Lipinski definition) is 3. The van der Waals surface area contributed by atoms with E-state index in [0.717, 1.165) is 17.1 Å². The molecule has 22 heavy (non-hydrogen) atoms. The number of rotatable bonds is 6. The lowest BCUT2D eigenvalue weighted by Crippen LogP contribution is -1.88. The van der Waals surface area contributed by atoms with Gasteiger partial charge in [-0.15, -0.1) is 0 Å². The van der Waals surface area contributed by atoms with Crippen molar-refractivity contribution in [1.29, 1.82) is 0 Å². The molecule has 0 aliphatic rings. The Labute approximate surface area is 136 Å². The average molecular weight is 313 g/mol. The highest BCUT2D eigenvalue weighted by Gasteiger charge is 2.11. The molecule has 116 valence electrons. The van der Waals surface area contributed by atoms with E-state index in [2.05, 4.69) is 50.3 Å². The van der Waals surface area contributed by atoms with Crippen LogP contribution in [0, 0.1) is 13.8 Å². The summed E-state index contributed by atoms with van der Waals surface area (Å²) in [5.74, 6) is 0. The summed E-state index contributed by atoms with van der Waals surface area (Å²) < 4.78 is 1.94. The van der Waals surface area contributed by atoms with Gasteiger partial charge in [0.25, 0.3) is 0 Å². The lowest BCUT2D eigenvalue weighted by Gasteiger charge is -2.03. The van der Waals surface area contributed by atoms with Gasteiger partial charge in [-0.25, -0.2) is 9.50 Å². The van der Waals surface area contributed by atoms with Crippen LogP contribution in [0.25, 0.3) is 16.2 Å². The highest BCUT2D eigenvalue weighted by molar-refractivity contribution is 7.16. The van der Waals surface area contributed by atoms with E-state index >= 15 is 0 Å². The van der Waals surface area contributed by atoms with Gasteiger partial charge in [0, 0.05) is 12.0 Å². The summed E-state index contributed by atoms with van der Waals surface area (Å²) >= 11 is 1.72. The van der Waals surface area contributed by atoms with Crippen molar-refractivity contribution >= 4 is 16.3 Å². The van der Waals surface area contributed by atoms with Crippen LogP contribution in [0.3, 0.4) is 0 Å². The Morgan fingerprint density at radius 2 is 2.00 bits per heavy atom. The molecular formula is C18H23N3S. The maximum Gasteiger partial charge on any atom is 0.212 e. The Bertz CT molecular complexity index is 738. The lowest BCUT2D eigenvalue weighted by molar-refractivity contribution is 0.661. The minimum absolute atomic E-state index is 1.00. The molecule has 0 radical (unpaired) electrons. The molecule has 0 aliphatic heterocycles. The topological polar surface area (TPSA) is 30.2 Å². The van der Waals surface area contributed by atoms with E-state index in [9.17, 15) is 0 Å². The highest BCUT2D eigenvalue weighted by Crippen LogP contribution is 2.26. The first-order chi connectivity index (χ1) is 10.7. The molecule has 0 aliphatic carbocycles. The summed E-state index contributed by atoms with van der Waals surface area (Å²) in [4.78, 5) is 5.76. The summed E-state index contributed by atoms with van der Waals surface area (Å²) in [7, 11) is 0. The predicted molar refractivity (Wildman–Crippen MR) is 93.6 cm³/mol. The highest BCUT2D eigenvalue weighted by atomic mass is 32.1. The van der Waals surface area contributed by atoms with Gasteiger partial charge in [0.1, 0.15) is 5.01 Å². The van der Waals surface area contributed by atoms with E-state index in [1.807, 2.05) is 4.52 Å². The number of aryl methyl sites for hydroxylation is 3. The smallest absolute Gasteiger partial charge is 0.212 e. The van der Waals surface area contributed by atoms with Crippen LogP contribution in [0.15, 0.2) is 24.4 Å². The van der Waals surface area contributed by atoms with E-state index in [0.29, 0.717) is 0 Å². The Morgan fingerprint density at radius 1 is 1.14 bits per heavy atom. The fourth-order valence-corrected chi connectivity index (χ4v) is 3.69. The van der Waals surface area contributed by atoms with Crippen molar-refractivity contribution in [3.05, 3.63) is 40.5 Å². The molecule has 0 unspecified atom stereocenters. The zero-order chi connectivity index (χ0) is 15.5. The Hall–Kier alpha value is -1.68. The van der Waals surface area contributed by atoms with Gasteiger partial charge in [-0.05, 0) is 25.8 Å². The van der Waals surface area contributed by atoms with Gasteiger partial charge >= 0.3 is 0 Å². The standard InChI is InChI=1S/C18H23N3S/c1-4-5-6-7-8-17-20-21-12-16(19-18(21)22-17)15-10-9-13(2)11-14(15)3/h9-12H,4-8H2,1-3H3. The fourth-order valence-electron chi connectivity index (χ4n) is 2.78. The molecule has 0 atom stereocenters. The molecule has 0 fully saturated rings. The molecule has 0 saturated heterocycles. The molecule has 2 heterocycles. The summed E-state index contributed by atoms with van der Waals surface area (Å²) in [5.41, 5.74) is 4.78. The Morgan fingerprint density at radius 3 is 2.73 bits per heavy atom. The van der Waals surface area contributed by atoms with Gasteiger partial charge in [0.2, 0.25) is 4.96 Å². The third-order valence-electron chi connectivity index (χ3n) is 3.99. The monoisotopic (exact) mass is 313 g/mol. The minimum atomic E-state index is 1.00. The van der Waals surface area contributed by atoms with Crippen LogP contribution in [-0.4, -0.2) is 14.6 Å². The van der Waals surface area contributed by atoms with E-state index in [1.54, 1.807) is 11.3 Å². The van der Waals surface area contributed by atoms with Crippen LogP contribution in [0.5, 0.6) is 0 Å². The number of nitrogens with zero attached hydrogens (tertiary/aromatic N) is 3. The van der Waals surface area contributed by atoms with E-state index < -0.39 is 0 Å². The van der Waals surface area contributed by atoms with Gasteiger partial charge in [0.15, 0.2) is 0 Å². The van der Waals surface area contributed by atoms with Gasteiger partial charge in [0.05, 0.1) is 11.9 Å². The number of imidazole rings is 1. The lowest BCUT2D eigenvalue weighted by atomic mass is 10.0. The first kappa shape index (κ1) is 15.2. The van der Waals surface area contributed by atoms with Crippen LogP contribution >= 0.6 is 11.3 Å².